The molecular weight excluding hydrogens is 350 g/mol. The lowest BCUT2D eigenvalue weighted by Crippen LogP contribution is -2.15. The van der Waals surface area contributed by atoms with E-state index in [2.05, 4.69) is 32.7 Å². The largest absolute Gasteiger partial charge is 0.322 e. The number of nitrogens with zero attached hydrogens (tertiary/aromatic N) is 4. The molecule has 3 aromatic carbocycles. The van der Waals surface area contributed by atoms with E-state index in [0.29, 0.717) is 16.9 Å². The number of hydrogen-bond acceptors (Lipinski definition) is 4. The van der Waals surface area contributed by atoms with E-state index < -0.39 is 0 Å². The van der Waals surface area contributed by atoms with E-state index >= 15 is 0 Å². The first kappa shape index (κ1) is 17.2. The number of carbonyl (C=O) groups excluding carboxylic acids is 1. The predicted octanol–water partition coefficient (Wildman–Crippen LogP) is 3.31. The van der Waals surface area contributed by atoms with Crippen LogP contribution >= 0.6 is 0 Å². The first-order valence-electron chi connectivity index (χ1n) is 8.60. The van der Waals surface area contributed by atoms with Crippen LogP contribution in [0.4, 0.5) is 5.69 Å². The van der Waals surface area contributed by atoms with E-state index in [9.17, 15) is 4.79 Å². The van der Waals surface area contributed by atoms with E-state index in [1.165, 1.54) is 11.0 Å². The van der Waals surface area contributed by atoms with Crippen molar-refractivity contribution < 1.29 is 4.79 Å². The van der Waals surface area contributed by atoms with Gasteiger partial charge < -0.3 is 5.32 Å². The summed E-state index contributed by atoms with van der Waals surface area (Å²) in [4.78, 5) is 12.8. The van der Waals surface area contributed by atoms with Gasteiger partial charge in [0, 0.05) is 16.8 Å². The number of anilines is 1. The quantitative estimate of drug-likeness (QED) is 0.565. The maximum atomic E-state index is 12.8. The predicted molar refractivity (Wildman–Crippen MR) is 106 cm³/mol. The molecule has 0 saturated carbocycles. The molecule has 1 heterocycles. The third-order valence-corrected chi connectivity index (χ3v) is 3.99. The van der Waals surface area contributed by atoms with E-state index in [1.807, 2.05) is 60.7 Å². The summed E-state index contributed by atoms with van der Waals surface area (Å²) in [6.45, 7) is 0. The number of benzene rings is 3. The number of para-hydroxylation sites is 1. The molecule has 6 nitrogen and oxygen atoms in total. The minimum absolute atomic E-state index is 0.251. The van der Waals surface area contributed by atoms with Gasteiger partial charge in [0.1, 0.15) is 6.33 Å². The van der Waals surface area contributed by atoms with Gasteiger partial charge in [-0.1, -0.05) is 48.2 Å². The smallest absolute Gasteiger partial charge is 0.257 e. The van der Waals surface area contributed by atoms with Crippen molar-refractivity contribution in [2.24, 2.45) is 0 Å². The zero-order valence-corrected chi connectivity index (χ0v) is 14.8. The molecule has 0 saturated heterocycles. The summed E-state index contributed by atoms with van der Waals surface area (Å²) in [6.07, 6.45) is 1.45. The molecule has 4 aromatic rings. The zero-order valence-electron chi connectivity index (χ0n) is 14.8. The van der Waals surface area contributed by atoms with Gasteiger partial charge in [-0.3, -0.25) is 4.79 Å². The minimum atomic E-state index is -0.251. The molecule has 0 spiro atoms. The molecule has 0 radical (unpaired) electrons. The second kappa shape index (κ2) is 7.98. The second-order valence-corrected chi connectivity index (χ2v) is 5.92. The number of rotatable bonds is 3. The summed E-state index contributed by atoms with van der Waals surface area (Å²) < 4.78 is 1.46. The Bertz CT molecular complexity index is 1160. The Labute approximate surface area is 161 Å². The Morgan fingerprint density at radius 3 is 2.43 bits per heavy atom. The molecule has 0 atom stereocenters. The number of nitrogens with one attached hydrogen (secondary N) is 1. The fourth-order valence-corrected chi connectivity index (χ4v) is 2.68. The Kier molecular flexibility index (Phi) is 4.90. The van der Waals surface area contributed by atoms with Crippen LogP contribution in [0.5, 0.6) is 0 Å². The molecule has 28 heavy (non-hydrogen) atoms. The maximum Gasteiger partial charge on any atom is 0.257 e. The molecular formula is C22H15N5O. The van der Waals surface area contributed by atoms with Crippen LogP contribution < -0.4 is 5.32 Å². The summed E-state index contributed by atoms with van der Waals surface area (Å²) in [5.74, 6) is 5.98. The lowest BCUT2D eigenvalue weighted by atomic mass is 10.1. The first-order chi connectivity index (χ1) is 13.8. The van der Waals surface area contributed by atoms with Crippen molar-refractivity contribution >= 4 is 11.6 Å². The normalized spacial score (nSPS) is 10.0. The van der Waals surface area contributed by atoms with Crippen LogP contribution in [0.3, 0.4) is 0 Å². The van der Waals surface area contributed by atoms with Gasteiger partial charge >= 0.3 is 0 Å². The molecule has 0 fully saturated rings. The lowest BCUT2D eigenvalue weighted by molar-refractivity contribution is 0.102. The summed E-state index contributed by atoms with van der Waals surface area (Å²) in [5.41, 5.74) is 3.49. The molecule has 0 bridgehead atoms. The monoisotopic (exact) mass is 365 g/mol. The van der Waals surface area contributed by atoms with Crippen LogP contribution in [0, 0.1) is 11.8 Å². The number of carbonyl (C=O) groups is 1. The van der Waals surface area contributed by atoms with Crippen molar-refractivity contribution in [3.8, 4) is 17.5 Å². The highest BCUT2D eigenvalue weighted by atomic mass is 16.1. The van der Waals surface area contributed by atoms with Crippen LogP contribution in [0.25, 0.3) is 5.69 Å². The summed E-state index contributed by atoms with van der Waals surface area (Å²) >= 11 is 0. The Hall–Kier alpha value is -4.24. The summed E-state index contributed by atoms with van der Waals surface area (Å²) in [6, 6.07) is 24.3. The van der Waals surface area contributed by atoms with Crippen molar-refractivity contribution in [1.29, 1.82) is 0 Å². The van der Waals surface area contributed by atoms with Gasteiger partial charge in [-0.2, -0.15) is 4.68 Å². The van der Waals surface area contributed by atoms with Crippen LogP contribution in [0.1, 0.15) is 21.5 Å². The maximum absolute atomic E-state index is 12.8. The van der Waals surface area contributed by atoms with E-state index in [0.717, 1.165) is 11.1 Å². The Morgan fingerprint density at radius 1 is 0.857 bits per heavy atom. The highest BCUT2D eigenvalue weighted by Gasteiger charge is 2.13. The van der Waals surface area contributed by atoms with Crippen molar-refractivity contribution in [1.82, 2.24) is 20.2 Å². The van der Waals surface area contributed by atoms with Crippen molar-refractivity contribution in [2.45, 2.75) is 0 Å². The van der Waals surface area contributed by atoms with Crippen LogP contribution in [-0.2, 0) is 0 Å². The fourth-order valence-electron chi connectivity index (χ4n) is 2.68. The van der Waals surface area contributed by atoms with Gasteiger partial charge in [-0.05, 0) is 52.9 Å². The summed E-state index contributed by atoms with van der Waals surface area (Å²) in [5, 5.41) is 14.0. The standard InChI is InChI=1S/C22H15N5O/c28-22(20-11-4-5-12-21(20)27-16-23-25-26-27)24-19-10-6-9-18(15-19)14-13-17-7-2-1-3-8-17/h1-12,15-16H,(H,24,28). The van der Waals surface area contributed by atoms with E-state index in [4.69, 9.17) is 0 Å². The lowest BCUT2D eigenvalue weighted by Gasteiger charge is -2.09. The van der Waals surface area contributed by atoms with Crippen molar-refractivity contribution in [2.75, 3.05) is 5.32 Å². The molecule has 1 aromatic heterocycles. The fraction of sp³-hybridized carbons (Fsp3) is 0. The van der Waals surface area contributed by atoms with Crippen LogP contribution in [-0.4, -0.2) is 26.1 Å². The van der Waals surface area contributed by atoms with Gasteiger partial charge in [0.2, 0.25) is 0 Å². The molecule has 0 aliphatic heterocycles. The first-order valence-corrected chi connectivity index (χ1v) is 8.60. The third-order valence-electron chi connectivity index (χ3n) is 3.99. The zero-order chi connectivity index (χ0) is 19.2. The van der Waals surface area contributed by atoms with Gasteiger partial charge in [0.05, 0.1) is 11.3 Å². The molecule has 1 N–H and O–H groups in total. The van der Waals surface area contributed by atoms with Gasteiger partial charge in [0.15, 0.2) is 0 Å². The van der Waals surface area contributed by atoms with Gasteiger partial charge in [-0.15, -0.1) is 5.10 Å². The highest BCUT2D eigenvalue weighted by Crippen LogP contribution is 2.16. The van der Waals surface area contributed by atoms with Gasteiger partial charge in [0.25, 0.3) is 5.91 Å². The minimum Gasteiger partial charge on any atom is -0.322 e. The second-order valence-electron chi connectivity index (χ2n) is 5.92. The Morgan fingerprint density at radius 2 is 1.61 bits per heavy atom. The average molecular weight is 365 g/mol. The van der Waals surface area contributed by atoms with E-state index in [1.54, 1.807) is 18.2 Å². The van der Waals surface area contributed by atoms with E-state index in [-0.39, 0.29) is 5.91 Å². The molecule has 0 aliphatic rings. The SMILES string of the molecule is O=C(Nc1cccc(C#Cc2ccccc2)c1)c1ccccc1-n1cnnn1. The van der Waals surface area contributed by atoms with Crippen LogP contribution in [0.15, 0.2) is 85.2 Å². The third kappa shape index (κ3) is 3.94. The Balaban J connectivity index is 1.56. The number of aromatic nitrogens is 4. The average Bonchev–Trinajstić information content (AvgIpc) is 3.28. The molecule has 0 unspecified atom stereocenters. The van der Waals surface area contributed by atoms with Crippen LogP contribution in [0.2, 0.25) is 0 Å². The molecule has 6 heteroatoms. The van der Waals surface area contributed by atoms with Crippen molar-refractivity contribution in [3.05, 3.63) is 102 Å². The summed E-state index contributed by atoms with van der Waals surface area (Å²) in [7, 11) is 0. The topological polar surface area (TPSA) is 72.7 Å². The molecule has 1 amide bonds. The number of hydrogen-bond donors (Lipinski definition) is 1. The van der Waals surface area contributed by atoms with Gasteiger partial charge in [-0.25, -0.2) is 0 Å². The molecule has 4 rings (SSSR count). The molecule has 134 valence electrons. The number of amides is 1. The highest BCUT2D eigenvalue weighted by molar-refractivity contribution is 6.06. The van der Waals surface area contributed by atoms with Crippen molar-refractivity contribution in [3.63, 3.8) is 0 Å². The number of tetrazole rings is 1. The molecule has 0 aliphatic carbocycles.